The number of nitrogens with two attached hydrogens (primary N) is 1. The van der Waals surface area contributed by atoms with Gasteiger partial charge in [-0.15, -0.1) is 0 Å². The van der Waals surface area contributed by atoms with Crippen molar-refractivity contribution in [3.63, 3.8) is 0 Å². The van der Waals surface area contributed by atoms with Crippen molar-refractivity contribution < 1.29 is 13.9 Å². The molecule has 0 atom stereocenters. The van der Waals surface area contributed by atoms with E-state index in [9.17, 15) is 4.39 Å². The molecule has 0 unspecified atom stereocenters. The molecule has 0 aliphatic rings. The minimum Gasteiger partial charge on any atom is -0.495 e. The van der Waals surface area contributed by atoms with Gasteiger partial charge in [-0.05, 0) is 13.8 Å². The zero-order chi connectivity index (χ0) is 13.7. The summed E-state index contributed by atoms with van der Waals surface area (Å²) in [5, 5.41) is 0. The first-order valence-electron chi connectivity index (χ1n) is 5.91. The van der Waals surface area contributed by atoms with Crippen LogP contribution in [0.5, 0.6) is 5.75 Å². The van der Waals surface area contributed by atoms with Gasteiger partial charge in [0.1, 0.15) is 11.6 Å². The molecule has 1 aromatic carbocycles. The minimum absolute atomic E-state index is 0.171. The van der Waals surface area contributed by atoms with Crippen LogP contribution in [0, 0.1) is 5.82 Å². The van der Waals surface area contributed by atoms with Crippen molar-refractivity contribution in [3.05, 3.63) is 17.9 Å². The van der Waals surface area contributed by atoms with Crippen molar-refractivity contribution in [3.8, 4) is 5.75 Å². The lowest BCUT2D eigenvalue weighted by molar-refractivity contribution is 0.0845. The standard InChI is InChI=1S/C13H21FN2O2/c1-9(2)18-6-5-16(3)12-8-13(17-4)11(15)7-10(12)14/h7-9H,5-6,15H2,1-4H3. The van der Waals surface area contributed by atoms with Gasteiger partial charge < -0.3 is 20.1 Å². The molecule has 102 valence electrons. The Kier molecular flexibility index (Phi) is 5.22. The van der Waals surface area contributed by atoms with Gasteiger partial charge in [0, 0.05) is 25.7 Å². The predicted octanol–water partition coefficient (Wildman–Crippen LogP) is 2.28. The SMILES string of the molecule is COc1cc(N(C)CCOC(C)C)c(F)cc1N. The molecule has 18 heavy (non-hydrogen) atoms. The number of nitrogens with zero attached hydrogens (tertiary/aromatic N) is 1. The Bertz CT molecular complexity index is 397. The van der Waals surface area contributed by atoms with Gasteiger partial charge in [0.05, 0.1) is 31.2 Å². The van der Waals surface area contributed by atoms with E-state index in [0.717, 1.165) is 0 Å². The van der Waals surface area contributed by atoms with E-state index in [4.69, 9.17) is 15.2 Å². The van der Waals surface area contributed by atoms with E-state index < -0.39 is 0 Å². The Hall–Kier alpha value is -1.49. The largest absolute Gasteiger partial charge is 0.495 e. The lowest BCUT2D eigenvalue weighted by Gasteiger charge is -2.21. The first-order chi connectivity index (χ1) is 8.45. The maximum atomic E-state index is 13.8. The number of rotatable bonds is 6. The highest BCUT2D eigenvalue weighted by atomic mass is 19.1. The number of anilines is 2. The highest BCUT2D eigenvalue weighted by Crippen LogP contribution is 2.29. The van der Waals surface area contributed by atoms with Crippen molar-refractivity contribution >= 4 is 11.4 Å². The molecule has 2 N–H and O–H groups in total. The number of methoxy groups -OCH3 is 1. The molecule has 0 aliphatic carbocycles. The molecule has 5 heteroatoms. The summed E-state index contributed by atoms with van der Waals surface area (Å²) in [6.07, 6.45) is 0.171. The second-order valence-corrected chi connectivity index (χ2v) is 4.39. The smallest absolute Gasteiger partial charge is 0.148 e. The minimum atomic E-state index is -0.361. The van der Waals surface area contributed by atoms with E-state index in [2.05, 4.69) is 0 Å². The van der Waals surface area contributed by atoms with Crippen LogP contribution in [0.25, 0.3) is 0 Å². The second-order valence-electron chi connectivity index (χ2n) is 4.39. The van der Waals surface area contributed by atoms with Crippen molar-refractivity contribution in [2.45, 2.75) is 20.0 Å². The van der Waals surface area contributed by atoms with Gasteiger partial charge in [0.25, 0.3) is 0 Å². The normalized spacial score (nSPS) is 10.8. The van der Waals surface area contributed by atoms with Gasteiger partial charge in [0.2, 0.25) is 0 Å². The average Bonchev–Trinajstić information content (AvgIpc) is 2.28. The van der Waals surface area contributed by atoms with Crippen LogP contribution in [0.15, 0.2) is 12.1 Å². The van der Waals surface area contributed by atoms with Crippen LogP contribution in [0.4, 0.5) is 15.8 Å². The summed E-state index contributed by atoms with van der Waals surface area (Å²) in [5.41, 5.74) is 6.38. The van der Waals surface area contributed by atoms with Crippen molar-refractivity contribution in [1.82, 2.24) is 0 Å². The maximum absolute atomic E-state index is 13.8. The Balaban J connectivity index is 2.75. The molecule has 0 amide bonds. The molecule has 0 radical (unpaired) electrons. The highest BCUT2D eigenvalue weighted by molar-refractivity contribution is 5.63. The predicted molar refractivity (Wildman–Crippen MR) is 71.7 cm³/mol. The van der Waals surface area contributed by atoms with Gasteiger partial charge in [-0.1, -0.05) is 0 Å². The molecule has 0 saturated heterocycles. The molecule has 0 aromatic heterocycles. The number of ether oxygens (including phenoxy) is 2. The number of benzene rings is 1. The third kappa shape index (κ3) is 3.77. The Morgan fingerprint density at radius 2 is 2.06 bits per heavy atom. The van der Waals surface area contributed by atoms with Gasteiger partial charge >= 0.3 is 0 Å². The number of nitrogen functional groups attached to an aromatic ring is 1. The topological polar surface area (TPSA) is 47.7 Å². The lowest BCUT2D eigenvalue weighted by Crippen LogP contribution is -2.24. The summed E-state index contributed by atoms with van der Waals surface area (Å²) < 4.78 is 24.3. The monoisotopic (exact) mass is 256 g/mol. The quantitative estimate of drug-likeness (QED) is 0.793. The molecule has 0 heterocycles. The number of hydrogen-bond acceptors (Lipinski definition) is 4. The molecular weight excluding hydrogens is 235 g/mol. The number of halogens is 1. The molecular formula is C13H21FN2O2. The molecule has 0 saturated carbocycles. The molecule has 0 fully saturated rings. The first-order valence-corrected chi connectivity index (χ1v) is 5.91. The zero-order valence-corrected chi connectivity index (χ0v) is 11.4. The van der Waals surface area contributed by atoms with Gasteiger partial charge in [0.15, 0.2) is 0 Å². The van der Waals surface area contributed by atoms with Crippen LogP contribution in [-0.4, -0.2) is 33.4 Å². The second kappa shape index (κ2) is 6.44. The highest BCUT2D eigenvalue weighted by Gasteiger charge is 2.12. The summed E-state index contributed by atoms with van der Waals surface area (Å²) in [4.78, 5) is 1.78. The lowest BCUT2D eigenvalue weighted by atomic mass is 10.2. The van der Waals surface area contributed by atoms with E-state index in [0.29, 0.717) is 30.3 Å². The molecule has 0 spiro atoms. The van der Waals surface area contributed by atoms with Crippen molar-refractivity contribution in [1.29, 1.82) is 0 Å². The summed E-state index contributed by atoms with van der Waals surface area (Å²) in [6.45, 7) is 5.07. The van der Waals surface area contributed by atoms with Crippen molar-refractivity contribution in [2.24, 2.45) is 0 Å². The maximum Gasteiger partial charge on any atom is 0.148 e. The van der Waals surface area contributed by atoms with E-state index in [-0.39, 0.29) is 11.9 Å². The number of likely N-dealkylation sites (N-methyl/N-ethyl adjacent to an activating group) is 1. The summed E-state index contributed by atoms with van der Waals surface area (Å²) >= 11 is 0. The molecule has 4 nitrogen and oxygen atoms in total. The third-order valence-electron chi connectivity index (χ3n) is 2.59. The molecule has 0 aliphatic heterocycles. The molecule has 1 rings (SSSR count). The van der Waals surface area contributed by atoms with Crippen LogP contribution in [0.2, 0.25) is 0 Å². The summed E-state index contributed by atoms with van der Waals surface area (Å²) in [7, 11) is 3.31. The van der Waals surface area contributed by atoms with E-state index in [1.54, 1.807) is 18.0 Å². The summed E-state index contributed by atoms with van der Waals surface area (Å²) in [5.74, 6) is 0.114. The Morgan fingerprint density at radius 1 is 1.39 bits per heavy atom. The van der Waals surface area contributed by atoms with E-state index in [1.165, 1.54) is 13.2 Å². The van der Waals surface area contributed by atoms with Crippen LogP contribution < -0.4 is 15.4 Å². The fourth-order valence-electron chi connectivity index (χ4n) is 1.57. The van der Waals surface area contributed by atoms with Crippen LogP contribution in [0.1, 0.15) is 13.8 Å². The average molecular weight is 256 g/mol. The number of hydrogen-bond donors (Lipinski definition) is 1. The Morgan fingerprint density at radius 3 is 2.61 bits per heavy atom. The van der Waals surface area contributed by atoms with Gasteiger partial charge in [-0.25, -0.2) is 4.39 Å². The van der Waals surface area contributed by atoms with Crippen LogP contribution in [-0.2, 0) is 4.74 Å². The van der Waals surface area contributed by atoms with E-state index in [1.807, 2.05) is 13.8 Å². The zero-order valence-electron chi connectivity index (χ0n) is 11.4. The first kappa shape index (κ1) is 14.6. The fraction of sp³-hybridized carbons (Fsp3) is 0.538. The molecule has 1 aromatic rings. The third-order valence-corrected chi connectivity index (χ3v) is 2.59. The van der Waals surface area contributed by atoms with E-state index >= 15 is 0 Å². The van der Waals surface area contributed by atoms with Crippen molar-refractivity contribution in [2.75, 3.05) is 37.9 Å². The van der Waals surface area contributed by atoms with Gasteiger partial charge in [-0.2, -0.15) is 0 Å². The summed E-state index contributed by atoms with van der Waals surface area (Å²) in [6, 6.07) is 2.87. The van der Waals surface area contributed by atoms with Crippen LogP contribution in [0.3, 0.4) is 0 Å². The molecule has 0 bridgehead atoms. The van der Waals surface area contributed by atoms with Crippen LogP contribution >= 0.6 is 0 Å². The van der Waals surface area contributed by atoms with Gasteiger partial charge in [-0.3, -0.25) is 0 Å². The fourth-order valence-corrected chi connectivity index (χ4v) is 1.57. The Labute approximate surface area is 107 Å².